The van der Waals surface area contributed by atoms with E-state index in [0.717, 1.165) is 34.6 Å². The zero-order valence-electron chi connectivity index (χ0n) is 12.1. The first kappa shape index (κ1) is 13.0. The Morgan fingerprint density at radius 3 is 2.68 bits per heavy atom. The first-order valence-corrected chi connectivity index (χ1v) is 7.29. The molecule has 0 aliphatic rings. The smallest absolute Gasteiger partial charge is 0.380 e. The molecule has 0 atom stereocenters. The normalized spacial score (nSPS) is 11.7. The molecule has 2 aromatic carbocycles. The molecule has 0 aliphatic heterocycles. The maximum atomic E-state index is 12.1. The number of hydrogen-bond acceptors (Lipinski definition) is 4. The Morgan fingerprint density at radius 1 is 1.05 bits per heavy atom. The first-order valence-electron chi connectivity index (χ1n) is 7.29. The summed E-state index contributed by atoms with van der Waals surface area (Å²) in [6.07, 6.45) is 1.68. The number of aryl methyl sites for hydroxylation is 1. The number of aromatic hydroxyl groups is 1. The van der Waals surface area contributed by atoms with Crippen molar-refractivity contribution in [1.29, 1.82) is 0 Å². The van der Waals surface area contributed by atoms with Crippen molar-refractivity contribution >= 4 is 32.9 Å². The van der Waals surface area contributed by atoms with E-state index in [2.05, 4.69) is 6.92 Å². The highest BCUT2D eigenvalue weighted by molar-refractivity contribution is 6.17. The van der Waals surface area contributed by atoms with E-state index in [1.54, 1.807) is 0 Å². The molecule has 0 amide bonds. The van der Waals surface area contributed by atoms with Crippen LogP contribution in [0.25, 0.3) is 32.9 Å². The highest BCUT2D eigenvalue weighted by Crippen LogP contribution is 2.35. The van der Waals surface area contributed by atoms with Crippen molar-refractivity contribution < 1.29 is 13.9 Å². The van der Waals surface area contributed by atoms with Gasteiger partial charge in [-0.15, -0.1) is 0 Å². The zero-order valence-corrected chi connectivity index (χ0v) is 12.1. The van der Waals surface area contributed by atoms with Crippen LogP contribution < -0.4 is 5.63 Å². The monoisotopic (exact) mass is 294 g/mol. The molecule has 0 radical (unpaired) electrons. The molecule has 0 bridgehead atoms. The molecule has 2 heterocycles. The minimum absolute atomic E-state index is 0.157. The Balaban J connectivity index is 2.25. The highest BCUT2D eigenvalue weighted by Gasteiger charge is 2.17. The second-order valence-corrected chi connectivity index (χ2v) is 5.42. The van der Waals surface area contributed by atoms with Crippen molar-refractivity contribution in [1.82, 2.24) is 0 Å². The third kappa shape index (κ3) is 1.73. The van der Waals surface area contributed by atoms with E-state index in [9.17, 15) is 9.90 Å². The van der Waals surface area contributed by atoms with Gasteiger partial charge in [0.05, 0.1) is 0 Å². The van der Waals surface area contributed by atoms with E-state index in [-0.39, 0.29) is 11.3 Å². The highest BCUT2D eigenvalue weighted by atomic mass is 16.4. The van der Waals surface area contributed by atoms with E-state index in [4.69, 9.17) is 8.83 Å². The van der Waals surface area contributed by atoms with Crippen LogP contribution >= 0.6 is 0 Å². The van der Waals surface area contributed by atoms with Gasteiger partial charge in [-0.1, -0.05) is 31.5 Å². The Labute approximate surface area is 125 Å². The predicted octanol–water partition coefficient (Wildman–Crippen LogP) is 4.35. The summed E-state index contributed by atoms with van der Waals surface area (Å²) in [6.45, 7) is 2.05. The van der Waals surface area contributed by atoms with Gasteiger partial charge in [-0.05, 0) is 24.1 Å². The maximum absolute atomic E-state index is 12.1. The number of hydrogen-bond donors (Lipinski definition) is 1. The van der Waals surface area contributed by atoms with Crippen LogP contribution in [0.3, 0.4) is 0 Å². The molecule has 0 saturated carbocycles. The molecule has 22 heavy (non-hydrogen) atoms. The fourth-order valence-corrected chi connectivity index (χ4v) is 2.97. The molecule has 110 valence electrons. The molecule has 0 aliphatic carbocycles. The lowest BCUT2D eigenvalue weighted by molar-refractivity contribution is 0.465. The maximum Gasteiger partial charge on any atom is 0.380 e. The lowest BCUT2D eigenvalue weighted by Gasteiger charge is -2.05. The van der Waals surface area contributed by atoms with Gasteiger partial charge in [0.2, 0.25) is 5.58 Å². The lowest BCUT2D eigenvalue weighted by atomic mass is 10.0. The number of rotatable bonds is 2. The minimum atomic E-state index is -0.527. The van der Waals surface area contributed by atoms with Crippen LogP contribution in [0.15, 0.2) is 50.0 Å². The van der Waals surface area contributed by atoms with Crippen molar-refractivity contribution in [2.75, 3.05) is 0 Å². The molecular formula is C18H14O4. The molecule has 4 rings (SSSR count). The van der Waals surface area contributed by atoms with Crippen LogP contribution in [-0.2, 0) is 6.42 Å². The molecule has 0 spiro atoms. The number of phenols is 1. The summed E-state index contributed by atoms with van der Waals surface area (Å²) >= 11 is 0. The van der Waals surface area contributed by atoms with E-state index < -0.39 is 5.63 Å². The average molecular weight is 294 g/mol. The van der Waals surface area contributed by atoms with Crippen LogP contribution in [0.2, 0.25) is 0 Å². The van der Waals surface area contributed by atoms with Gasteiger partial charge in [0.25, 0.3) is 0 Å². The van der Waals surface area contributed by atoms with Crippen molar-refractivity contribution in [3.05, 3.63) is 52.4 Å². The summed E-state index contributed by atoms with van der Waals surface area (Å²) in [7, 11) is 0. The van der Waals surface area contributed by atoms with Crippen LogP contribution in [0.4, 0.5) is 0 Å². The van der Waals surface area contributed by atoms with Crippen LogP contribution in [0.5, 0.6) is 5.75 Å². The molecule has 4 aromatic rings. The van der Waals surface area contributed by atoms with Crippen molar-refractivity contribution in [2.24, 2.45) is 0 Å². The summed E-state index contributed by atoms with van der Waals surface area (Å²) in [5, 5.41) is 12.5. The van der Waals surface area contributed by atoms with Gasteiger partial charge in [-0.2, -0.15) is 0 Å². The van der Waals surface area contributed by atoms with Crippen LogP contribution in [-0.4, -0.2) is 5.11 Å². The van der Waals surface area contributed by atoms with Gasteiger partial charge in [-0.25, -0.2) is 4.79 Å². The van der Waals surface area contributed by atoms with Crippen molar-refractivity contribution in [3.63, 3.8) is 0 Å². The van der Waals surface area contributed by atoms with E-state index >= 15 is 0 Å². The second-order valence-electron chi connectivity index (χ2n) is 5.42. The minimum Gasteiger partial charge on any atom is -0.508 e. The van der Waals surface area contributed by atoms with E-state index in [0.29, 0.717) is 11.2 Å². The summed E-state index contributed by atoms with van der Waals surface area (Å²) < 4.78 is 11.0. The number of phenolic OH excluding ortho intramolecular Hbond substituents is 1. The lowest BCUT2D eigenvalue weighted by Crippen LogP contribution is -1.98. The molecule has 0 saturated heterocycles. The summed E-state index contributed by atoms with van der Waals surface area (Å²) in [5.41, 5.74) is 1.57. The summed E-state index contributed by atoms with van der Waals surface area (Å²) in [5.74, 6) is 0.157. The largest absolute Gasteiger partial charge is 0.508 e. The van der Waals surface area contributed by atoms with E-state index in [1.165, 1.54) is 6.07 Å². The van der Waals surface area contributed by atoms with Crippen LogP contribution in [0.1, 0.15) is 18.9 Å². The number of benzene rings is 2. The summed E-state index contributed by atoms with van der Waals surface area (Å²) in [6, 6.07) is 10.9. The third-order valence-corrected chi connectivity index (χ3v) is 3.95. The van der Waals surface area contributed by atoms with Crippen LogP contribution in [0, 0.1) is 0 Å². The SMILES string of the molecule is CCCc1cc2c(cc1O)oc(=O)c1oc3ccccc3c12. The van der Waals surface area contributed by atoms with Crippen molar-refractivity contribution in [3.8, 4) is 5.75 Å². The molecular weight excluding hydrogens is 280 g/mol. The molecule has 0 unspecified atom stereocenters. The Morgan fingerprint density at radius 2 is 1.86 bits per heavy atom. The second kappa shape index (κ2) is 4.63. The third-order valence-electron chi connectivity index (χ3n) is 3.95. The molecule has 1 N–H and O–H groups in total. The molecule has 0 fully saturated rings. The number of fused-ring (bicyclic) bond motifs is 5. The van der Waals surface area contributed by atoms with Gasteiger partial charge in [0.1, 0.15) is 16.9 Å². The van der Waals surface area contributed by atoms with Gasteiger partial charge in [0.15, 0.2) is 0 Å². The fraction of sp³-hybridized carbons (Fsp3) is 0.167. The topological polar surface area (TPSA) is 63.6 Å². The van der Waals surface area contributed by atoms with Gasteiger partial charge >= 0.3 is 5.63 Å². The fourth-order valence-electron chi connectivity index (χ4n) is 2.97. The standard InChI is InChI=1S/C18H14O4/c1-2-5-10-8-12-15(9-13(10)19)22-18(20)17-16(12)11-6-3-4-7-14(11)21-17/h3-4,6-9,19H,2,5H2,1H3. The Kier molecular flexibility index (Phi) is 2.73. The quantitative estimate of drug-likeness (QED) is 0.558. The van der Waals surface area contributed by atoms with Gasteiger partial charge in [-0.3, -0.25) is 0 Å². The molecule has 4 heteroatoms. The van der Waals surface area contributed by atoms with Crippen molar-refractivity contribution in [2.45, 2.75) is 19.8 Å². The zero-order chi connectivity index (χ0) is 15.3. The Hall–Kier alpha value is -2.75. The van der Waals surface area contributed by atoms with Gasteiger partial charge < -0.3 is 13.9 Å². The van der Waals surface area contributed by atoms with Gasteiger partial charge in [0, 0.05) is 22.2 Å². The number of para-hydroxylation sites is 1. The molecule has 4 nitrogen and oxygen atoms in total. The summed E-state index contributed by atoms with van der Waals surface area (Å²) in [4.78, 5) is 12.1. The average Bonchev–Trinajstić information content (AvgIpc) is 2.90. The molecule has 2 aromatic heterocycles. The first-order chi connectivity index (χ1) is 10.7. The van der Waals surface area contributed by atoms with E-state index in [1.807, 2.05) is 30.3 Å². The Bertz CT molecular complexity index is 1070. The predicted molar refractivity (Wildman–Crippen MR) is 85.4 cm³/mol. The number of furan rings is 1.